The van der Waals surface area contributed by atoms with Crippen LogP contribution in [0.1, 0.15) is 19.8 Å². The third-order valence-corrected chi connectivity index (χ3v) is 4.22. The van der Waals surface area contributed by atoms with Crippen LogP contribution in [0.25, 0.3) is 0 Å². The predicted octanol–water partition coefficient (Wildman–Crippen LogP) is 2.87. The summed E-state index contributed by atoms with van der Waals surface area (Å²) >= 11 is 0. The molecule has 2 heterocycles. The van der Waals surface area contributed by atoms with E-state index < -0.39 is 0 Å². The molecule has 0 unspecified atom stereocenters. The van der Waals surface area contributed by atoms with E-state index in [4.69, 9.17) is 4.74 Å². The molecule has 0 saturated carbocycles. The maximum Gasteiger partial charge on any atom is 0.227 e. The van der Waals surface area contributed by atoms with Crippen LogP contribution in [0.3, 0.4) is 0 Å². The molecular formula is C18H21FN4O2. The van der Waals surface area contributed by atoms with Crippen molar-refractivity contribution in [2.75, 3.05) is 29.9 Å². The highest BCUT2D eigenvalue weighted by Crippen LogP contribution is 2.24. The number of anilines is 2. The van der Waals surface area contributed by atoms with E-state index in [9.17, 15) is 9.18 Å². The Kier molecular flexibility index (Phi) is 5.42. The highest BCUT2D eigenvalue weighted by atomic mass is 19.1. The van der Waals surface area contributed by atoms with Crippen LogP contribution >= 0.6 is 0 Å². The van der Waals surface area contributed by atoms with Crippen molar-refractivity contribution in [3.05, 3.63) is 42.5 Å². The maximum atomic E-state index is 12.9. The highest BCUT2D eigenvalue weighted by molar-refractivity contribution is 5.92. The number of hydrogen-bond acceptors (Lipinski definition) is 5. The fourth-order valence-electron chi connectivity index (χ4n) is 2.88. The molecule has 7 heteroatoms. The second kappa shape index (κ2) is 7.92. The van der Waals surface area contributed by atoms with Crippen molar-refractivity contribution in [2.45, 2.75) is 19.8 Å². The Balaban J connectivity index is 1.55. The standard InChI is InChI=1S/C18H21FN4O2/c1-2-25-17-11-16(20-12-21-17)23-9-7-13(8-10-23)18(24)22-15-5-3-14(19)4-6-15/h3-6,11-13H,2,7-10H2,1H3,(H,22,24). The molecule has 1 aromatic heterocycles. The van der Waals surface area contributed by atoms with E-state index in [1.54, 1.807) is 12.1 Å². The van der Waals surface area contributed by atoms with Gasteiger partial charge >= 0.3 is 0 Å². The molecule has 1 aliphatic rings. The van der Waals surface area contributed by atoms with Gasteiger partial charge in [-0.25, -0.2) is 14.4 Å². The van der Waals surface area contributed by atoms with Crippen LogP contribution in [0, 0.1) is 11.7 Å². The molecule has 132 valence electrons. The number of carbonyl (C=O) groups is 1. The van der Waals surface area contributed by atoms with Gasteiger partial charge in [0.15, 0.2) is 0 Å². The number of amides is 1. The number of ether oxygens (including phenoxy) is 1. The molecule has 0 aliphatic carbocycles. The average molecular weight is 344 g/mol. The molecule has 6 nitrogen and oxygen atoms in total. The number of rotatable bonds is 5. The van der Waals surface area contributed by atoms with Gasteiger partial charge < -0.3 is 15.0 Å². The van der Waals surface area contributed by atoms with Gasteiger partial charge in [-0.05, 0) is 44.0 Å². The molecule has 0 bridgehead atoms. The third-order valence-electron chi connectivity index (χ3n) is 4.22. The second-order valence-corrected chi connectivity index (χ2v) is 5.90. The Labute approximate surface area is 146 Å². The molecule has 0 spiro atoms. The summed E-state index contributed by atoms with van der Waals surface area (Å²) in [5, 5.41) is 2.85. The normalized spacial score (nSPS) is 15.0. The zero-order valence-electron chi connectivity index (χ0n) is 14.1. The molecule has 1 fully saturated rings. The Morgan fingerprint density at radius 2 is 2.00 bits per heavy atom. The van der Waals surface area contributed by atoms with Gasteiger partial charge in [0, 0.05) is 30.8 Å². The van der Waals surface area contributed by atoms with E-state index in [1.807, 2.05) is 13.0 Å². The Morgan fingerprint density at radius 1 is 1.28 bits per heavy atom. The second-order valence-electron chi connectivity index (χ2n) is 5.90. The summed E-state index contributed by atoms with van der Waals surface area (Å²) < 4.78 is 18.3. The summed E-state index contributed by atoms with van der Waals surface area (Å²) in [6, 6.07) is 7.63. The van der Waals surface area contributed by atoms with Crippen LogP contribution in [0.4, 0.5) is 15.9 Å². The van der Waals surface area contributed by atoms with Crippen LogP contribution in [-0.2, 0) is 4.79 Å². The molecule has 1 saturated heterocycles. The third kappa shape index (κ3) is 4.43. The Bertz CT molecular complexity index is 715. The summed E-state index contributed by atoms with van der Waals surface area (Å²) in [7, 11) is 0. The lowest BCUT2D eigenvalue weighted by Gasteiger charge is -2.32. The van der Waals surface area contributed by atoms with Gasteiger partial charge in [-0.2, -0.15) is 0 Å². The fourth-order valence-corrected chi connectivity index (χ4v) is 2.88. The van der Waals surface area contributed by atoms with Crippen LogP contribution < -0.4 is 15.0 Å². The molecule has 1 amide bonds. The number of nitrogens with one attached hydrogen (secondary N) is 1. The summed E-state index contributed by atoms with van der Waals surface area (Å²) in [5.74, 6) is 0.973. The number of nitrogens with zero attached hydrogens (tertiary/aromatic N) is 3. The number of carbonyl (C=O) groups excluding carboxylic acids is 1. The van der Waals surface area contributed by atoms with E-state index in [0.29, 0.717) is 18.2 Å². The van der Waals surface area contributed by atoms with Crippen molar-refractivity contribution in [1.82, 2.24) is 9.97 Å². The van der Waals surface area contributed by atoms with E-state index in [0.717, 1.165) is 31.7 Å². The van der Waals surface area contributed by atoms with Gasteiger partial charge in [0.25, 0.3) is 0 Å². The molecule has 3 rings (SSSR count). The quantitative estimate of drug-likeness (QED) is 0.903. The van der Waals surface area contributed by atoms with Crippen LogP contribution in [0.5, 0.6) is 5.88 Å². The zero-order chi connectivity index (χ0) is 17.6. The molecule has 1 aromatic carbocycles. The monoisotopic (exact) mass is 344 g/mol. The number of aromatic nitrogens is 2. The van der Waals surface area contributed by atoms with Gasteiger partial charge in [0.2, 0.25) is 11.8 Å². The molecular weight excluding hydrogens is 323 g/mol. The first-order chi connectivity index (χ1) is 12.2. The van der Waals surface area contributed by atoms with Crippen molar-refractivity contribution in [2.24, 2.45) is 5.92 Å². The molecule has 0 radical (unpaired) electrons. The average Bonchev–Trinajstić information content (AvgIpc) is 2.64. The largest absolute Gasteiger partial charge is 0.478 e. The van der Waals surface area contributed by atoms with Gasteiger partial charge in [-0.15, -0.1) is 0 Å². The minimum Gasteiger partial charge on any atom is -0.478 e. The predicted molar refractivity (Wildman–Crippen MR) is 93.2 cm³/mol. The van der Waals surface area contributed by atoms with Crippen LogP contribution in [0.15, 0.2) is 36.7 Å². The number of benzene rings is 1. The van der Waals surface area contributed by atoms with Gasteiger partial charge in [-0.1, -0.05) is 0 Å². The van der Waals surface area contributed by atoms with E-state index in [-0.39, 0.29) is 17.6 Å². The molecule has 25 heavy (non-hydrogen) atoms. The molecule has 0 atom stereocenters. The molecule has 2 aromatic rings. The minimum atomic E-state index is -0.317. The summed E-state index contributed by atoms with van der Waals surface area (Å²) in [6.45, 7) is 3.95. The molecule has 1 N–H and O–H groups in total. The fraction of sp³-hybridized carbons (Fsp3) is 0.389. The lowest BCUT2D eigenvalue weighted by atomic mass is 9.96. The minimum absolute atomic E-state index is 0.0241. The summed E-state index contributed by atoms with van der Waals surface area (Å²) in [4.78, 5) is 22.9. The van der Waals surface area contributed by atoms with Crippen LogP contribution in [-0.4, -0.2) is 35.6 Å². The summed E-state index contributed by atoms with van der Waals surface area (Å²) in [5.41, 5.74) is 0.617. The first-order valence-electron chi connectivity index (χ1n) is 8.42. The number of piperidine rings is 1. The SMILES string of the molecule is CCOc1cc(N2CCC(C(=O)Nc3ccc(F)cc3)CC2)ncn1. The van der Waals surface area contributed by atoms with Gasteiger partial charge in [0.1, 0.15) is 18.0 Å². The van der Waals surface area contributed by atoms with Crippen molar-refractivity contribution in [1.29, 1.82) is 0 Å². The lowest BCUT2D eigenvalue weighted by Crippen LogP contribution is -2.38. The van der Waals surface area contributed by atoms with Crippen LogP contribution in [0.2, 0.25) is 0 Å². The topological polar surface area (TPSA) is 67.3 Å². The first-order valence-corrected chi connectivity index (χ1v) is 8.42. The number of halogens is 1. The van der Waals surface area contributed by atoms with E-state index in [2.05, 4.69) is 20.2 Å². The van der Waals surface area contributed by atoms with Gasteiger partial charge in [0.05, 0.1) is 6.61 Å². The smallest absolute Gasteiger partial charge is 0.227 e. The first kappa shape index (κ1) is 17.1. The number of hydrogen-bond donors (Lipinski definition) is 1. The zero-order valence-corrected chi connectivity index (χ0v) is 14.1. The van der Waals surface area contributed by atoms with Crippen molar-refractivity contribution in [3.63, 3.8) is 0 Å². The Morgan fingerprint density at radius 3 is 2.68 bits per heavy atom. The Hall–Kier alpha value is -2.70. The lowest BCUT2D eigenvalue weighted by molar-refractivity contribution is -0.120. The summed E-state index contributed by atoms with van der Waals surface area (Å²) in [6.07, 6.45) is 2.97. The van der Waals surface area contributed by atoms with Crippen molar-refractivity contribution in [3.8, 4) is 5.88 Å². The van der Waals surface area contributed by atoms with Crippen molar-refractivity contribution >= 4 is 17.4 Å². The van der Waals surface area contributed by atoms with Gasteiger partial charge in [-0.3, -0.25) is 4.79 Å². The highest BCUT2D eigenvalue weighted by Gasteiger charge is 2.26. The van der Waals surface area contributed by atoms with E-state index >= 15 is 0 Å². The molecule has 1 aliphatic heterocycles. The maximum absolute atomic E-state index is 12.9. The van der Waals surface area contributed by atoms with Crippen molar-refractivity contribution < 1.29 is 13.9 Å². The van der Waals surface area contributed by atoms with E-state index in [1.165, 1.54) is 18.5 Å².